The van der Waals surface area contributed by atoms with Crippen molar-refractivity contribution in [3.8, 4) is 0 Å². The van der Waals surface area contributed by atoms with Crippen LogP contribution in [0.5, 0.6) is 0 Å². The molecule has 5 nitrogen and oxygen atoms in total. The van der Waals surface area contributed by atoms with Gasteiger partial charge in [0, 0.05) is 24.5 Å². The molecular formula is C22H19N3O2. The van der Waals surface area contributed by atoms with E-state index in [9.17, 15) is 9.59 Å². The molecular weight excluding hydrogens is 338 g/mol. The summed E-state index contributed by atoms with van der Waals surface area (Å²) in [5, 5.41) is 7.04. The topological polar surface area (TPSA) is 55.2 Å². The van der Waals surface area contributed by atoms with Crippen LogP contribution in [0.3, 0.4) is 0 Å². The minimum Gasteiger partial charge on any atom is -0.315 e. The Morgan fingerprint density at radius 2 is 1.74 bits per heavy atom. The third kappa shape index (κ3) is 3.31. The van der Waals surface area contributed by atoms with Gasteiger partial charge < -0.3 is 4.90 Å². The Morgan fingerprint density at radius 1 is 1.00 bits per heavy atom. The van der Waals surface area contributed by atoms with E-state index in [1.807, 2.05) is 60.7 Å². The molecule has 0 saturated carbocycles. The fraction of sp³-hybridized carbons (Fsp3) is 0.136. The van der Waals surface area contributed by atoms with Crippen LogP contribution in [0.15, 0.2) is 77.7 Å². The Bertz CT molecular complexity index is 1200. The van der Waals surface area contributed by atoms with Crippen molar-refractivity contribution >= 4 is 33.3 Å². The number of nitrogens with zero attached hydrogens (tertiary/aromatic N) is 3. The maximum absolute atomic E-state index is 12.7. The highest BCUT2D eigenvalue weighted by atomic mass is 16.2. The fourth-order valence-corrected chi connectivity index (χ4v) is 3.24. The highest BCUT2D eigenvalue weighted by molar-refractivity contribution is 5.96. The number of carbonyl (C=O) groups excluding carboxylic acids is 1. The minimum atomic E-state index is -0.110. The maximum Gasteiger partial charge on any atom is 0.228 e. The summed E-state index contributed by atoms with van der Waals surface area (Å²) in [6, 6.07) is 21.4. The number of amides is 1. The lowest BCUT2D eigenvalue weighted by atomic mass is 10.1. The summed E-state index contributed by atoms with van der Waals surface area (Å²) >= 11 is 0. The number of rotatable bonds is 4. The van der Waals surface area contributed by atoms with Crippen LogP contribution in [0, 0.1) is 0 Å². The predicted molar refractivity (Wildman–Crippen MR) is 108 cm³/mol. The van der Waals surface area contributed by atoms with E-state index in [0.717, 1.165) is 22.0 Å². The van der Waals surface area contributed by atoms with E-state index in [-0.39, 0.29) is 11.3 Å². The van der Waals surface area contributed by atoms with E-state index < -0.39 is 0 Å². The first-order valence-corrected chi connectivity index (χ1v) is 8.84. The first-order chi connectivity index (χ1) is 13.1. The average molecular weight is 357 g/mol. The summed E-state index contributed by atoms with van der Waals surface area (Å²) in [7, 11) is 1.78. The van der Waals surface area contributed by atoms with Gasteiger partial charge in [0.05, 0.1) is 18.3 Å². The third-order valence-corrected chi connectivity index (χ3v) is 4.79. The second-order valence-corrected chi connectivity index (χ2v) is 6.48. The van der Waals surface area contributed by atoms with Crippen LogP contribution >= 0.6 is 0 Å². The van der Waals surface area contributed by atoms with E-state index in [1.54, 1.807) is 22.7 Å². The van der Waals surface area contributed by atoms with Crippen molar-refractivity contribution in [2.45, 2.75) is 13.0 Å². The molecule has 1 heterocycles. The van der Waals surface area contributed by atoms with Crippen LogP contribution in [0.1, 0.15) is 6.42 Å². The van der Waals surface area contributed by atoms with E-state index in [1.165, 1.54) is 6.20 Å². The molecule has 0 bridgehead atoms. The zero-order chi connectivity index (χ0) is 18.8. The standard InChI is InChI=1S/C22H19N3O2/c1-24(18-11-10-16-6-2-3-7-17(16)14-18)22(27)12-13-25-20-9-5-4-8-19(20)21(26)15-23-25/h2-11,14-15H,12-13H2,1H3. The normalized spacial score (nSPS) is 11.0. The summed E-state index contributed by atoms with van der Waals surface area (Å²) in [4.78, 5) is 26.3. The van der Waals surface area contributed by atoms with Crippen LogP contribution in [0.25, 0.3) is 21.7 Å². The summed E-state index contributed by atoms with van der Waals surface area (Å²) in [6.07, 6.45) is 1.60. The van der Waals surface area contributed by atoms with Crippen LogP contribution in [-0.4, -0.2) is 22.7 Å². The van der Waals surface area contributed by atoms with Gasteiger partial charge in [0.25, 0.3) is 0 Å². The Balaban J connectivity index is 1.53. The SMILES string of the molecule is CN(C(=O)CCn1ncc(=O)c2ccccc21)c1ccc2ccccc2c1. The van der Waals surface area contributed by atoms with Gasteiger partial charge in [-0.05, 0) is 35.0 Å². The number of anilines is 1. The molecule has 0 fully saturated rings. The van der Waals surface area contributed by atoms with Gasteiger partial charge >= 0.3 is 0 Å². The van der Waals surface area contributed by atoms with Crippen LogP contribution in [0.4, 0.5) is 5.69 Å². The zero-order valence-corrected chi connectivity index (χ0v) is 15.0. The molecule has 0 aliphatic carbocycles. The van der Waals surface area contributed by atoms with Gasteiger partial charge in [-0.1, -0.05) is 42.5 Å². The van der Waals surface area contributed by atoms with Crippen molar-refractivity contribution < 1.29 is 4.79 Å². The molecule has 3 aromatic carbocycles. The van der Waals surface area contributed by atoms with Crippen molar-refractivity contribution in [1.29, 1.82) is 0 Å². The van der Waals surface area contributed by atoms with Gasteiger partial charge in [0.1, 0.15) is 0 Å². The monoisotopic (exact) mass is 357 g/mol. The van der Waals surface area contributed by atoms with E-state index >= 15 is 0 Å². The van der Waals surface area contributed by atoms with Crippen molar-refractivity contribution in [3.05, 3.63) is 83.2 Å². The summed E-state index contributed by atoms with van der Waals surface area (Å²) in [5.74, 6) is -0.00476. The molecule has 0 atom stereocenters. The maximum atomic E-state index is 12.7. The summed E-state index contributed by atoms with van der Waals surface area (Å²) in [5.41, 5.74) is 1.49. The van der Waals surface area contributed by atoms with Crippen molar-refractivity contribution in [1.82, 2.24) is 9.78 Å². The minimum absolute atomic E-state index is 0.00476. The van der Waals surface area contributed by atoms with Gasteiger partial charge in [-0.25, -0.2) is 0 Å². The zero-order valence-electron chi connectivity index (χ0n) is 15.0. The Hall–Kier alpha value is -3.47. The van der Waals surface area contributed by atoms with Crippen LogP contribution in [-0.2, 0) is 11.3 Å². The molecule has 1 aromatic heterocycles. The molecule has 0 aliphatic heterocycles. The van der Waals surface area contributed by atoms with E-state index in [4.69, 9.17) is 0 Å². The molecule has 0 saturated heterocycles. The van der Waals surface area contributed by atoms with E-state index in [0.29, 0.717) is 18.4 Å². The van der Waals surface area contributed by atoms with Gasteiger partial charge in [-0.3, -0.25) is 14.3 Å². The molecule has 0 unspecified atom stereocenters. The highest BCUT2D eigenvalue weighted by Gasteiger charge is 2.12. The van der Waals surface area contributed by atoms with Gasteiger partial charge in [-0.15, -0.1) is 0 Å². The summed E-state index contributed by atoms with van der Waals surface area (Å²) < 4.78 is 1.71. The first-order valence-electron chi connectivity index (χ1n) is 8.84. The Kier molecular flexibility index (Phi) is 4.42. The lowest BCUT2D eigenvalue weighted by Crippen LogP contribution is -2.27. The van der Waals surface area contributed by atoms with Crippen molar-refractivity contribution in [2.24, 2.45) is 0 Å². The van der Waals surface area contributed by atoms with Gasteiger partial charge in [0.15, 0.2) is 0 Å². The quantitative estimate of drug-likeness (QED) is 0.561. The average Bonchev–Trinajstić information content (AvgIpc) is 2.72. The van der Waals surface area contributed by atoms with Crippen molar-refractivity contribution in [3.63, 3.8) is 0 Å². The molecule has 4 rings (SSSR count). The number of benzene rings is 3. The highest BCUT2D eigenvalue weighted by Crippen LogP contribution is 2.22. The smallest absolute Gasteiger partial charge is 0.228 e. The molecule has 0 spiro atoms. The van der Waals surface area contributed by atoms with Crippen LogP contribution in [0.2, 0.25) is 0 Å². The Labute approximate surface area is 156 Å². The second kappa shape index (κ2) is 7.03. The second-order valence-electron chi connectivity index (χ2n) is 6.48. The number of para-hydroxylation sites is 1. The largest absolute Gasteiger partial charge is 0.315 e. The Morgan fingerprint density at radius 3 is 2.59 bits per heavy atom. The third-order valence-electron chi connectivity index (χ3n) is 4.79. The van der Waals surface area contributed by atoms with Crippen LogP contribution < -0.4 is 10.3 Å². The molecule has 0 aliphatic rings. The van der Waals surface area contributed by atoms with Crippen molar-refractivity contribution in [2.75, 3.05) is 11.9 Å². The number of hydrogen-bond acceptors (Lipinski definition) is 3. The molecule has 1 amide bonds. The number of fused-ring (bicyclic) bond motifs is 2. The molecule has 5 heteroatoms. The molecule has 0 radical (unpaired) electrons. The van der Waals surface area contributed by atoms with E-state index in [2.05, 4.69) is 5.10 Å². The number of aryl methyl sites for hydroxylation is 1. The molecule has 27 heavy (non-hydrogen) atoms. The lowest BCUT2D eigenvalue weighted by molar-refractivity contribution is -0.118. The lowest BCUT2D eigenvalue weighted by Gasteiger charge is -2.18. The number of aromatic nitrogens is 2. The van der Waals surface area contributed by atoms with Gasteiger partial charge in [-0.2, -0.15) is 5.10 Å². The molecule has 134 valence electrons. The number of carbonyl (C=O) groups is 1. The number of hydrogen-bond donors (Lipinski definition) is 0. The molecule has 0 N–H and O–H groups in total. The van der Waals surface area contributed by atoms with Gasteiger partial charge in [0.2, 0.25) is 11.3 Å². The fourth-order valence-electron chi connectivity index (χ4n) is 3.24. The summed E-state index contributed by atoms with van der Waals surface area (Å²) in [6.45, 7) is 0.414. The first kappa shape index (κ1) is 17.0. The molecule has 4 aromatic rings. The predicted octanol–water partition coefficient (Wildman–Crippen LogP) is 3.60.